The molecule has 82 valence electrons. The van der Waals surface area contributed by atoms with Crippen LogP contribution >= 0.6 is 0 Å². The summed E-state index contributed by atoms with van der Waals surface area (Å²) in [5, 5.41) is 9.36. The molecule has 4 nitrogen and oxygen atoms in total. The highest BCUT2D eigenvalue weighted by atomic mass is 16.3. The van der Waals surface area contributed by atoms with E-state index in [1.54, 1.807) is 6.92 Å². The Morgan fingerprint density at radius 2 is 2.20 bits per heavy atom. The summed E-state index contributed by atoms with van der Waals surface area (Å²) in [5.74, 6) is -0.118. The highest BCUT2D eigenvalue weighted by Crippen LogP contribution is 2.27. The minimum Gasteiger partial charge on any atom is -0.393 e. The summed E-state index contributed by atoms with van der Waals surface area (Å²) < 4.78 is 0. The molecule has 1 saturated carbocycles. The van der Waals surface area contributed by atoms with Crippen molar-refractivity contribution < 1.29 is 14.7 Å². The van der Waals surface area contributed by atoms with Gasteiger partial charge in [-0.15, -0.1) is 0 Å². The third-order valence-corrected chi connectivity index (χ3v) is 3.14. The van der Waals surface area contributed by atoms with Crippen LogP contribution in [0.5, 0.6) is 0 Å². The topological polar surface area (TPSA) is 57.6 Å². The maximum Gasteiger partial charge on any atom is 0.256 e. The molecule has 15 heavy (non-hydrogen) atoms. The van der Waals surface area contributed by atoms with Gasteiger partial charge in [-0.05, 0) is 32.1 Å². The monoisotopic (exact) mass is 209 g/mol. The second-order valence-corrected chi connectivity index (χ2v) is 4.41. The van der Waals surface area contributed by atoms with Crippen molar-refractivity contribution in [3.05, 3.63) is 11.6 Å². The number of carbonyl (C=O) groups is 2. The van der Waals surface area contributed by atoms with Crippen molar-refractivity contribution >= 4 is 11.8 Å². The van der Waals surface area contributed by atoms with Crippen molar-refractivity contribution in [3.63, 3.8) is 0 Å². The van der Waals surface area contributed by atoms with E-state index >= 15 is 0 Å². The smallest absolute Gasteiger partial charge is 0.256 e. The van der Waals surface area contributed by atoms with E-state index in [0.717, 1.165) is 12.8 Å². The summed E-state index contributed by atoms with van der Waals surface area (Å²) in [7, 11) is 0. The lowest BCUT2D eigenvalue weighted by atomic mass is 10.1. The Labute approximate surface area is 88.6 Å². The third kappa shape index (κ3) is 1.95. The van der Waals surface area contributed by atoms with E-state index in [1.807, 2.05) is 0 Å². The zero-order chi connectivity index (χ0) is 11.0. The molecule has 0 spiro atoms. The van der Waals surface area contributed by atoms with Gasteiger partial charge in [0.2, 0.25) is 0 Å². The van der Waals surface area contributed by atoms with E-state index in [1.165, 1.54) is 11.0 Å². The van der Waals surface area contributed by atoms with Crippen LogP contribution in [0.2, 0.25) is 0 Å². The molecule has 1 heterocycles. The minimum absolute atomic E-state index is 0.179. The lowest BCUT2D eigenvalue weighted by Crippen LogP contribution is -2.35. The van der Waals surface area contributed by atoms with Crippen LogP contribution in [0.25, 0.3) is 0 Å². The van der Waals surface area contributed by atoms with Crippen LogP contribution in [0, 0.1) is 5.92 Å². The Morgan fingerprint density at radius 3 is 2.67 bits per heavy atom. The zero-order valence-electron chi connectivity index (χ0n) is 8.77. The number of aliphatic hydroxyl groups excluding tert-OH is 1. The van der Waals surface area contributed by atoms with Crippen molar-refractivity contribution in [2.24, 2.45) is 5.92 Å². The molecule has 1 fully saturated rings. The van der Waals surface area contributed by atoms with E-state index in [2.05, 4.69) is 0 Å². The standard InChI is InChI=1S/C11H15NO3/c1-7-4-10(14)12(11(7)15)6-8-2-3-9(13)5-8/h4,8-9,13H,2-3,5-6H2,1H3. The number of hydrogen-bond acceptors (Lipinski definition) is 3. The number of nitrogens with zero attached hydrogens (tertiary/aromatic N) is 1. The Bertz CT molecular complexity index is 335. The van der Waals surface area contributed by atoms with E-state index in [9.17, 15) is 14.7 Å². The first-order valence-corrected chi connectivity index (χ1v) is 5.30. The van der Waals surface area contributed by atoms with Crippen molar-refractivity contribution in [2.45, 2.75) is 32.3 Å². The molecule has 4 heteroatoms. The summed E-state index contributed by atoms with van der Waals surface area (Å²) in [4.78, 5) is 24.3. The first kappa shape index (κ1) is 10.4. The third-order valence-electron chi connectivity index (χ3n) is 3.14. The van der Waals surface area contributed by atoms with E-state index < -0.39 is 0 Å². The Hall–Kier alpha value is -1.16. The average Bonchev–Trinajstić information content (AvgIpc) is 2.67. The van der Waals surface area contributed by atoms with E-state index in [4.69, 9.17) is 0 Å². The maximum absolute atomic E-state index is 11.6. The van der Waals surface area contributed by atoms with Gasteiger partial charge in [0.05, 0.1) is 6.10 Å². The van der Waals surface area contributed by atoms with Gasteiger partial charge in [0.25, 0.3) is 11.8 Å². The quantitative estimate of drug-likeness (QED) is 0.672. The summed E-state index contributed by atoms with van der Waals surface area (Å²) in [6.45, 7) is 2.12. The fourth-order valence-electron chi connectivity index (χ4n) is 2.28. The molecule has 1 aliphatic heterocycles. The lowest BCUT2D eigenvalue weighted by Gasteiger charge is -2.18. The molecule has 2 rings (SSSR count). The Balaban J connectivity index is 1.96. The van der Waals surface area contributed by atoms with Crippen LogP contribution in [-0.4, -0.2) is 34.5 Å². The molecule has 0 aromatic carbocycles. The van der Waals surface area contributed by atoms with E-state index in [-0.39, 0.29) is 23.8 Å². The number of imide groups is 1. The van der Waals surface area contributed by atoms with Gasteiger partial charge in [-0.3, -0.25) is 14.5 Å². The van der Waals surface area contributed by atoms with Gasteiger partial charge in [-0.1, -0.05) is 0 Å². The van der Waals surface area contributed by atoms with Gasteiger partial charge in [-0.2, -0.15) is 0 Å². The average molecular weight is 209 g/mol. The largest absolute Gasteiger partial charge is 0.393 e. The number of hydrogen-bond donors (Lipinski definition) is 1. The first-order chi connectivity index (χ1) is 7.08. The predicted molar refractivity (Wildman–Crippen MR) is 53.8 cm³/mol. The fraction of sp³-hybridized carbons (Fsp3) is 0.636. The summed E-state index contributed by atoms with van der Waals surface area (Å²) >= 11 is 0. The zero-order valence-corrected chi connectivity index (χ0v) is 8.77. The summed E-state index contributed by atoms with van der Waals surface area (Å²) in [5.41, 5.74) is 0.513. The molecule has 1 N–H and O–H groups in total. The summed E-state index contributed by atoms with van der Waals surface area (Å²) in [6.07, 6.45) is 3.52. The molecular weight excluding hydrogens is 194 g/mol. The van der Waals surface area contributed by atoms with Crippen molar-refractivity contribution in [3.8, 4) is 0 Å². The minimum atomic E-state index is -0.253. The van der Waals surface area contributed by atoms with Gasteiger partial charge in [0.15, 0.2) is 0 Å². The van der Waals surface area contributed by atoms with E-state index in [0.29, 0.717) is 18.5 Å². The molecule has 1 aliphatic carbocycles. The highest BCUT2D eigenvalue weighted by molar-refractivity contribution is 6.15. The molecule has 2 atom stereocenters. The second kappa shape index (κ2) is 3.77. The molecule has 2 aliphatic rings. The van der Waals surface area contributed by atoms with Gasteiger partial charge >= 0.3 is 0 Å². The summed E-state index contributed by atoms with van der Waals surface area (Å²) in [6, 6.07) is 0. The molecule has 2 unspecified atom stereocenters. The SMILES string of the molecule is CC1=CC(=O)N(CC2CCC(O)C2)C1=O. The number of rotatable bonds is 2. The van der Waals surface area contributed by atoms with Gasteiger partial charge < -0.3 is 5.11 Å². The number of aliphatic hydroxyl groups is 1. The van der Waals surface area contributed by atoms with Gasteiger partial charge in [0, 0.05) is 18.2 Å². The van der Waals surface area contributed by atoms with Crippen molar-refractivity contribution in [2.75, 3.05) is 6.54 Å². The molecule has 0 radical (unpaired) electrons. The van der Waals surface area contributed by atoms with Crippen molar-refractivity contribution in [1.29, 1.82) is 0 Å². The molecule has 0 bridgehead atoms. The van der Waals surface area contributed by atoms with Crippen LogP contribution in [-0.2, 0) is 9.59 Å². The number of amides is 2. The van der Waals surface area contributed by atoms with Crippen LogP contribution < -0.4 is 0 Å². The molecule has 2 amide bonds. The van der Waals surface area contributed by atoms with Crippen LogP contribution in [0.15, 0.2) is 11.6 Å². The maximum atomic E-state index is 11.6. The van der Waals surface area contributed by atoms with Crippen LogP contribution in [0.3, 0.4) is 0 Å². The fourth-order valence-corrected chi connectivity index (χ4v) is 2.28. The van der Waals surface area contributed by atoms with Crippen LogP contribution in [0.4, 0.5) is 0 Å². The van der Waals surface area contributed by atoms with Crippen molar-refractivity contribution in [1.82, 2.24) is 4.90 Å². The highest BCUT2D eigenvalue weighted by Gasteiger charge is 2.32. The number of carbonyl (C=O) groups excluding carboxylic acids is 2. The van der Waals surface area contributed by atoms with Crippen LogP contribution in [0.1, 0.15) is 26.2 Å². The molecule has 0 aromatic heterocycles. The normalized spacial score (nSPS) is 31.3. The molecule has 0 aromatic rings. The molecular formula is C11H15NO3. The van der Waals surface area contributed by atoms with Gasteiger partial charge in [-0.25, -0.2) is 0 Å². The Morgan fingerprint density at radius 1 is 1.47 bits per heavy atom. The predicted octanol–water partition coefficient (Wildman–Crippen LogP) is 0.463. The second-order valence-electron chi connectivity index (χ2n) is 4.41. The molecule has 0 saturated heterocycles. The van der Waals surface area contributed by atoms with Gasteiger partial charge in [0.1, 0.15) is 0 Å². The first-order valence-electron chi connectivity index (χ1n) is 5.30. The Kier molecular flexibility index (Phi) is 2.61. The lowest BCUT2D eigenvalue weighted by molar-refractivity contribution is -0.137.